The quantitative estimate of drug-likeness (QED) is 0.0216. The van der Waals surface area contributed by atoms with Crippen LogP contribution in [0.1, 0.15) is 180 Å². The van der Waals surface area contributed by atoms with Crippen molar-refractivity contribution in [2.24, 2.45) is 10.9 Å². The number of Topliss-reactive ketones (excluding diaryl/α,β-unsaturated/α-hetero) is 1. The molecule has 0 spiro atoms. The number of nitrogen functional groups attached to an aromatic ring is 3. The van der Waals surface area contributed by atoms with Gasteiger partial charge in [-0.2, -0.15) is 0 Å². The van der Waals surface area contributed by atoms with Gasteiger partial charge < -0.3 is 53.2 Å². The first kappa shape index (κ1) is 70.5. The van der Waals surface area contributed by atoms with Crippen molar-refractivity contribution in [3.8, 4) is 0 Å². The van der Waals surface area contributed by atoms with Crippen molar-refractivity contribution in [1.82, 2.24) is 0 Å². The summed E-state index contributed by atoms with van der Waals surface area (Å²) in [4.78, 5) is 41.7. The second-order valence-corrected chi connectivity index (χ2v) is 21.0. The zero-order valence-electron chi connectivity index (χ0n) is 47.4. The normalized spacial score (nSPS) is 18.6. The first-order valence-corrected chi connectivity index (χ1v) is 27.2. The van der Waals surface area contributed by atoms with Crippen molar-refractivity contribution in [2.45, 2.75) is 147 Å². The third-order valence-corrected chi connectivity index (χ3v) is 15.4. The fourth-order valence-corrected chi connectivity index (χ4v) is 11.2. The summed E-state index contributed by atoms with van der Waals surface area (Å²) < 4.78 is 0. The first-order valence-electron chi connectivity index (χ1n) is 27.2. The number of nitro benzene ring substituents is 3. The van der Waals surface area contributed by atoms with Crippen LogP contribution in [0.4, 0.5) is 34.1 Å². The summed E-state index contributed by atoms with van der Waals surface area (Å²) in [5, 5.41) is 62.8. The van der Waals surface area contributed by atoms with Gasteiger partial charge in [0, 0.05) is 118 Å². The van der Waals surface area contributed by atoms with Crippen LogP contribution in [0.3, 0.4) is 0 Å². The Hall–Kier alpha value is -6.74. The molecule has 0 aromatic heterocycles. The predicted molar refractivity (Wildman–Crippen MR) is 320 cm³/mol. The minimum atomic E-state index is -0.529. The van der Waals surface area contributed by atoms with E-state index in [-0.39, 0.29) is 90.7 Å². The molecule has 6 aliphatic carbocycles. The summed E-state index contributed by atoms with van der Waals surface area (Å²) >= 11 is 0. The van der Waals surface area contributed by atoms with Gasteiger partial charge in [-0.05, 0) is 207 Å². The number of hydrogen-bond donors (Lipinski definition) is 7. The molecule has 83 heavy (non-hydrogen) atoms. The molecule has 4 unspecified atom stereocenters. The molecule has 12 rings (SSSR count). The van der Waals surface area contributed by atoms with Gasteiger partial charge in [-0.1, -0.05) is 48.5 Å². The SMILES string of the molecule is CC1CCCc2ccc(N)cc21.Nc1ccc2c(c1)C(N)CCC2.Nc1ccc2c(c1)C(O)CCC2.O=C1CCCc2ccc([N+](=O)[O-])cc21.O=[N+]([O-])c1ccc2c(c1)/C(=N/O)CCC2.O=[N+]([O-])c1ccc2c(c1)C(O)CCC2.[CH3-].[CH3-].[Pd].[Pd]. The van der Waals surface area contributed by atoms with Crippen molar-refractivity contribution in [2.75, 3.05) is 17.2 Å². The van der Waals surface area contributed by atoms with Crippen LogP contribution in [0.15, 0.2) is 114 Å². The first-order chi connectivity index (χ1) is 37.9. The number of aryl methyl sites for hydroxylation is 6. The number of fused-ring (bicyclic) bond motifs is 6. The van der Waals surface area contributed by atoms with E-state index >= 15 is 0 Å². The van der Waals surface area contributed by atoms with Crippen LogP contribution in [0, 0.1) is 45.2 Å². The fourth-order valence-electron chi connectivity index (χ4n) is 11.2. The summed E-state index contributed by atoms with van der Waals surface area (Å²) in [5.74, 6) is 0.729. The maximum absolute atomic E-state index is 11.4. The Morgan fingerprint density at radius 2 is 0.819 bits per heavy atom. The zero-order valence-corrected chi connectivity index (χ0v) is 50.5. The number of aliphatic hydroxyl groups is 2. The number of aliphatic hydroxyl groups excluding tert-OH is 2. The minimum Gasteiger partial charge on any atom is -0.411 e. The standard InChI is InChI=1S/C11H15N.C10H10N2O3.C10H14N2.C10H11NO3.C10H9NO3.C10H13NO.2CH3.2Pd/c1-8-3-2-4-9-5-6-10(12)7-11(8)9;13-11-10-3-1-2-7-4-5-8(12(14)15)6-9(7)10;11-8-5-4-7-2-1-3-10(12)9(7)6-8;2*12-10-3-1-2-7-4-5-8(11(13)14)6-9(7)10;11-8-5-4-7-2-1-3-10(12)9(7)6-8;;;;/h5-8H,2-4,12H2,1H3;4-6,13H,1-3H2;4-6,10H,1-3,11-12H2;4-6,10,12H,1-3H2;4-6H,1-3H2;4-6,10,12H,1-3,11H2;2*1H3;;/q;;;;;;2*-1;;/b;11-10+;;;;;;;;. The van der Waals surface area contributed by atoms with Crippen molar-refractivity contribution < 1.29 is 75.8 Å². The van der Waals surface area contributed by atoms with E-state index in [1.807, 2.05) is 36.4 Å². The average molecular weight is 1320 g/mol. The van der Waals surface area contributed by atoms with Gasteiger partial charge in [0.1, 0.15) is 0 Å². The van der Waals surface area contributed by atoms with Crippen molar-refractivity contribution in [3.05, 3.63) is 221 Å². The number of nitro groups is 3. The molecule has 0 fully saturated rings. The number of hydrogen-bond acceptors (Lipinski definition) is 15. The van der Waals surface area contributed by atoms with E-state index in [0.29, 0.717) is 42.0 Å². The summed E-state index contributed by atoms with van der Waals surface area (Å²) in [6.45, 7) is 2.29. The monoisotopic (exact) mass is 1320 g/mol. The molecule has 0 aliphatic heterocycles. The van der Waals surface area contributed by atoms with Gasteiger partial charge in [0.15, 0.2) is 5.78 Å². The molecule has 0 heterocycles. The zero-order chi connectivity index (χ0) is 56.8. The molecule has 0 radical (unpaired) electrons. The Labute approximate surface area is 514 Å². The molecule has 6 aliphatic rings. The Balaban J connectivity index is 0.000000259. The molecule has 0 saturated carbocycles. The third kappa shape index (κ3) is 19.1. The Morgan fingerprint density at radius 1 is 0.458 bits per heavy atom. The topological polar surface area (TPSA) is 324 Å². The Kier molecular flexibility index (Phi) is 28.5. The van der Waals surface area contributed by atoms with Crippen LogP contribution in [-0.2, 0) is 79.4 Å². The Morgan fingerprint density at radius 3 is 1.33 bits per heavy atom. The molecule has 11 N–H and O–H groups in total. The molecule has 20 heteroatoms. The number of non-ortho nitro benzene ring substituents is 3. The van der Waals surface area contributed by atoms with Gasteiger partial charge in [0.2, 0.25) is 0 Å². The van der Waals surface area contributed by atoms with Crippen LogP contribution >= 0.6 is 0 Å². The Bertz CT molecular complexity index is 3070. The fraction of sp³-hybridized carbons (Fsp3) is 0.365. The van der Waals surface area contributed by atoms with Gasteiger partial charge in [-0.3, -0.25) is 35.1 Å². The number of nitrogens with two attached hydrogens (primary N) is 4. The number of carbonyl (C=O) groups excluding carboxylic acids is 1. The number of ketones is 1. The van der Waals surface area contributed by atoms with E-state index in [9.17, 15) is 45.4 Å². The molecule has 0 bridgehead atoms. The maximum Gasteiger partial charge on any atom is 0.270 e. The van der Waals surface area contributed by atoms with E-state index in [2.05, 4.69) is 30.3 Å². The smallest absolute Gasteiger partial charge is 0.270 e. The molecule has 18 nitrogen and oxygen atoms in total. The number of oxime groups is 1. The number of nitrogens with zero attached hydrogens (tertiary/aromatic N) is 4. The van der Waals surface area contributed by atoms with Crippen molar-refractivity contribution in [3.63, 3.8) is 0 Å². The minimum absolute atomic E-state index is 0. The van der Waals surface area contributed by atoms with Crippen molar-refractivity contribution >= 4 is 45.6 Å². The molecule has 0 saturated heterocycles. The average Bonchev–Trinajstić information content (AvgIpc) is 3.45. The largest absolute Gasteiger partial charge is 0.411 e. The van der Waals surface area contributed by atoms with Crippen LogP contribution in [0.5, 0.6) is 0 Å². The number of anilines is 3. The van der Waals surface area contributed by atoms with Crippen LogP contribution in [-0.4, -0.2) is 41.7 Å². The van der Waals surface area contributed by atoms with Gasteiger partial charge in [0.05, 0.1) is 32.7 Å². The van der Waals surface area contributed by atoms with Gasteiger partial charge in [-0.25, -0.2) is 0 Å². The van der Waals surface area contributed by atoms with E-state index in [0.717, 1.165) is 116 Å². The molecular weight excluding hydrogens is 1240 g/mol. The predicted octanol–water partition coefficient (Wildman–Crippen LogP) is 13.0. The summed E-state index contributed by atoms with van der Waals surface area (Å²) in [6, 6.07) is 32.4. The van der Waals surface area contributed by atoms with Crippen molar-refractivity contribution in [1.29, 1.82) is 0 Å². The molecule has 4 atom stereocenters. The number of carbonyl (C=O) groups is 1. The van der Waals surface area contributed by atoms with Gasteiger partial charge in [0.25, 0.3) is 17.1 Å². The van der Waals surface area contributed by atoms with Gasteiger partial charge in [-0.15, -0.1) is 0 Å². The molecule has 0 amide bonds. The summed E-state index contributed by atoms with van der Waals surface area (Å²) in [5.41, 5.74) is 39.0. The van der Waals surface area contributed by atoms with E-state index in [4.69, 9.17) is 28.1 Å². The van der Waals surface area contributed by atoms with Crippen LogP contribution < -0.4 is 22.9 Å². The summed E-state index contributed by atoms with van der Waals surface area (Å²) in [6.07, 6.45) is 16.8. The number of rotatable bonds is 3. The van der Waals surface area contributed by atoms with E-state index in [1.54, 1.807) is 18.2 Å². The molecule has 452 valence electrons. The van der Waals surface area contributed by atoms with Crippen LogP contribution in [0.25, 0.3) is 0 Å². The van der Waals surface area contributed by atoms with E-state index in [1.165, 1.54) is 89.9 Å². The second-order valence-electron chi connectivity index (χ2n) is 21.0. The van der Waals surface area contributed by atoms with Gasteiger partial charge >= 0.3 is 0 Å². The molecule has 6 aromatic rings. The third-order valence-electron chi connectivity index (χ3n) is 15.4. The maximum atomic E-state index is 11.4. The number of benzene rings is 6. The molecule has 6 aromatic carbocycles. The molecular formula is C63H78N8O10Pd2-2. The second kappa shape index (κ2) is 33.5. The summed E-state index contributed by atoms with van der Waals surface area (Å²) in [7, 11) is 0. The van der Waals surface area contributed by atoms with Crippen LogP contribution in [0.2, 0.25) is 0 Å². The van der Waals surface area contributed by atoms with E-state index < -0.39 is 20.9 Å².